The zero-order valence-corrected chi connectivity index (χ0v) is 12.5. The third-order valence-electron chi connectivity index (χ3n) is 2.85. The van der Waals surface area contributed by atoms with Gasteiger partial charge in [-0.2, -0.15) is 0 Å². The molecule has 4 nitrogen and oxygen atoms in total. The van der Waals surface area contributed by atoms with Crippen LogP contribution in [-0.4, -0.2) is 25.0 Å². The highest BCUT2D eigenvalue weighted by atomic mass is 32.1. The van der Waals surface area contributed by atoms with Crippen molar-refractivity contribution < 1.29 is 18.7 Å². The van der Waals surface area contributed by atoms with Crippen molar-refractivity contribution in [2.75, 3.05) is 13.2 Å². The van der Waals surface area contributed by atoms with Crippen LogP contribution in [0.5, 0.6) is 0 Å². The van der Waals surface area contributed by atoms with E-state index >= 15 is 0 Å². The van der Waals surface area contributed by atoms with Gasteiger partial charge in [-0.25, -0.2) is 4.39 Å². The number of amides is 1. The second kappa shape index (κ2) is 7.17. The van der Waals surface area contributed by atoms with E-state index in [1.54, 1.807) is 19.1 Å². The average molecular weight is 309 g/mol. The van der Waals surface area contributed by atoms with Gasteiger partial charge in [0, 0.05) is 17.7 Å². The van der Waals surface area contributed by atoms with Gasteiger partial charge in [-0.3, -0.25) is 9.59 Å². The lowest BCUT2D eigenvalue weighted by atomic mass is 10.2. The number of halogens is 1. The van der Waals surface area contributed by atoms with Gasteiger partial charge < -0.3 is 10.1 Å². The molecule has 112 valence electrons. The van der Waals surface area contributed by atoms with Gasteiger partial charge in [0.05, 0.1) is 11.5 Å². The largest absolute Gasteiger partial charge is 0.466 e. The van der Waals surface area contributed by atoms with Crippen LogP contribution in [0.15, 0.2) is 24.3 Å². The molecule has 0 unspecified atom stereocenters. The summed E-state index contributed by atoms with van der Waals surface area (Å²) in [7, 11) is 0. The molecule has 0 aliphatic rings. The summed E-state index contributed by atoms with van der Waals surface area (Å²) in [6, 6.07) is 6.11. The van der Waals surface area contributed by atoms with Crippen molar-refractivity contribution in [1.29, 1.82) is 0 Å². The number of carbonyl (C=O) groups is 2. The molecule has 0 saturated carbocycles. The maximum atomic E-state index is 13.1. The van der Waals surface area contributed by atoms with Crippen molar-refractivity contribution >= 4 is 33.3 Å². The zero-order chi connectivity index (χ0) is 15.2. The Kier molecular flexibility index (Phi) is 5.27. The molecule has 0 spiro atoms. The van der Waals surface area contributed by atoms with Crippen LogP contribution < -0.4 is 5.32 Å². The molecule has 21 heavy (non-hydrogen) atoms. The standard InChI is InChI=1S/C15H16FNO3S/c1-2-20-14(18)4-3-7-17-15(19)13-9-10-8-11(16)5-6-12(10)21-13/h5-6,8-9H,2-4,7H2,1H3,(H,17,19). The van der Waals surface area contributed by atoms with Crippen LogP contribution in [0.4, 0.5) is 4.39 Å². The van der Waals surface area contributed by atoms with Crippen LogP contribution in [0.1, 0.15) is 29.4 Å². The van der Waals surface area contributed by atoms with E-state index in [9.17, 15) is 14.0 Å². The summed E-state index contributed by atoms with van der Waals surface area (Å²) in [6.07, 6.45) is 0.815. The third kappa shape index (κ3) is 4.26. The van der Waals surface area contributed by atoms with E-state index in [2.05, 4.69) is 5.32 Å². The van der Waals surface area contributed by atoms with Crippen LogP contribution in [0.25, 0.3) is 10.1 Å². The van der Waals surface area contributed by atoms with E-state index in [0.717, 1.165) is 10.1 Å². The number of nitrogens with one attached hydrogen (secondary N) is 1. The highest BCUT2D eigenvalue weighted by molar-refractivity contribution is 7.20. The highest BCUT2D eigenvalue weighted by Crippen LogP contribution is 2.26. The van der Waals surface area contributed by atoms with E-state index in [0.29, 0.717) is 24.4 Å². The van der Waals surface area contributed by atoms with Crippen molar-refractivity contribution in [3.63, 3.8) is 0 Å². The molecular formula is C15H16FNO3S. The Balaban J connectivity index is 1.86. The molecule has 1 N–H and O–H groups in total. The first-order chi connectivity index (χ1) is 10.1. The monoisotopic (exact) mass is 309 g/mol. The molecule has 0 radical (unpaired) electrons. The topological polar surface area (TPSA) is 55.4 Å². The number of benzene rings is 1. The molecule has 0 fully saturated rings. The Morgan fingerprint density at radius 3 is 2.90 bits per heavy atom. The molecule has 0 aliphatic carbocycles. The van der Waals surface area contributed by atoms with Gasteiger partial charge in [0.2, 0.25) is 0 Å². The first kappa shape index (κ1) is 15.4. The maximum absolute atomic E-state index is 13.1. The molecule has 0 bridgehead atoms. The quantitative estimate of drug-likeness (QED) is 0.659. The predicted octanol–water partition coefficient (Wildman–Crippen LogP) is 3.11. The summed E-state index contributed by atoms with van der Waals surface area (Å²) in [5.41, 5.74) is 0. The van der Waals surface area contributed by atoms with Gasteiger partial charge in [0.1, 0.15) is 5.82 Å². The van der Waals surface area contributed by atoms with E-state index in [1.165, 1.54) is 23.5 Å². The van der Waals surface area contributed by atoms with Gasteiger partial charge >= 0.3 is 5.97 Å². The van der Waals surface area contributed by atoms with E-state index in [-0.39, 0.29) is 24.1 Å². The maximum Gasteiger partial charge on any atom is 0.305 e. The van der Waals surface area contributed by atoms with Crippen LogP contribution in [0.2, 0.25) is 0 Å². The van der Waals surface area contributed by atoms with Gasteiger partial charge in [-0.05, 0) is 43.0 Å². The lowest BCUT2D eigenvalue weighted by Crippen LogP contribution is -2.24. The Hall–Kier alpha value is -1.95. The number of rotatable bonds is 6. The molecule has 0 atom stereocenters. The Morgan fingerprint density at radius 1 is 1.33 bits per heavy atom. The zero-order valence-electron chi connectivity index (χ0n) is 11.6. The first-order valence-electron chi connectivity index (χ1n) is 6.73. The molecule has 0 aliphatic heterocycles. The molecule has 1 amide bonds. The minimum Gasteiger partial charge on any atom is -0.466 e. The summed E-state index contributed by atoms with van der Waals surface area (Å²) in [5, 5.41) is 3.46. The summed E-state index contributed by atoms with van der Waals surface area (Å²) in [6.45, 7) is 2.52. The Labute approximate surface area is 125 Å². The lowest BCUT2D eigenvalue weighted by molar-refractivity contribution is -0.143. The van der Waals surface area contributed by atoms with Crippen LogP contribution in [-0.2, 0) is 9.53 Å². The SMILES string of the molecule is CCOC(=O)CCCNC(=O)c1cc2cc(F)ccc2s1. The molecule has 1 heterocycles. The summed E-state index contributed by atoms with van der Waals surface area (Å²) in [4.78, 5) is 23.6. The lowest BCUT2D eigenvalue weighted by Gasteiger charge is -2.03. The number of fused-ring (bicyclic) bond motifs is 1. The number of thiophene rings is 1. The number of carbonyl (C=O) groups excluding carboxylic acids is 2. The number of hydrogen-bond donors (Lipinski definition) is 1. The van der Waals surface area contributed by atoms with Crippen LogP contribution >= 0.6 is 11.3 Å². The fourth-order valence-corrected chi connectivity index (χ4v) is 2.84. The molecule has 2 aromatic rings. The van der Waals surface area contributed by atoms with Crippen LogP contribution in [0.3, 0.4) is 0 Å². The van der Waals surface area contributed by atoms with Crippen molar-refractivity contribution in [3.05, 3.63) is 35.0 Å². The van der Waals surface area contributed by atoms with Gasteiger partial charge in [0.25, 0.3) is 5.91 Å². The summed E-state index contributed by atoms with van der Waals surface area (Å²) < 4.78 is 18.8. The van der Waals surface area contributed by atoms with Crippen molar-refractivity contribution in [2.24, 2.45) is 0 Å². The van der Waals surface area contributed by atoms with E-state index in [1.807, 2.05) is 0 Å². The Morgan fingerprint density at radius 2 is 2.14 bits per heavy atom. The molecule has 1 aromatic carbocycles. The second-order valence-corrected chi connectivity index (χ2v) is 5.54. The van der Waals surface area contributed by atoms with E-state index < -0.39 is 0 Å². The number of hydrogen-bond acceptors (Lipinski definition) is 4. The molecule has 6 heteroatoms. The fraction of sp³-hybridized carbons (Fsp3) is 0.333. The van der Waals surface area contributed by atoms with Gasteiger partial charge in [0.15, 0.2) is 0 Å². The molecule has 2 rings (SSSR count). The van der Waals surface area contributed by atoms with E-state index in [4.69, 9.17) is 4.74 Å². The van der Waals surface area contributed by atoms with Crippen molar-refractivity contribution in [1.82, 2.24) is 5.32 Å². The summed E-state index contributed by atoms with van der Waals surface area (Å²) >= 11 is 1.32. The minimum atomic E-state index is -0.318. The van der Waals surface area contributed by atoms with Gasteiger partial charge in [-0.1, -0.05) is 0 Å². The van der Waals surface area contributed by atoms with Crippen molar-refractivity contribution in [3.8, 4) is 0 Å². The predicted molar refractivity (Wildman–Crippen MR) is 80.0 cm³/mol. The van der Waals surface area contributed by atoms with Crippen LogP contribution in [0, 0.1) is 5.82 Å². The van der Waals surface area contributed by atoms with Gasteiger partial charge in [-0.15, -0.1) is 11.3 Å². The molecular weight excluding hydrogens is 293 g/mol. The highest BCUT2D eigenvalue weighted by Gasteiger charge is 2.10. The number of esters is 1. The third-order valence-corrected chi connectivity index (χ3v) is 3.97. The first-order valence-corrected chi connectivity index (χ1v) is 7.54. The second-order valence-electron chi connectivity index (χ2n) is 4.46. The minimum absolute atomic E-state index is 0.208. The smallest absolute Gasteiger partial charge is 0.305 e. The summed E-state index contributed by atoms with van der Waals surface area (Å²) in [5.74, 6) is -0.786. The normalized spacial score (nSPS) is 10.6. The molecule has 1 aromatic heterocycles. The average Bonchev–Trinajstić information content (AvgIpc) is 2.86. The fourth-order valence-electron chi connectivity index (χ4n) is 1.88. The van der Waals surface area contributed by atoms with Crippen molar-refractivity contribution in [2.45, 2.75) is 19.8 Å². The Bertz CT molecular complexity index is 653. The number of ether oxygens (including phenoxy) is 1. The molecule has 0 saturated heterocycles.